The van der Waals surface area contributed by atoms with Crippen molar-refractivity contribution in [1.82, 2.24) is 0 Å². The second kappa shape index (κ2) is 9.23. The van der Waals surface area contributed by atoms with Gasteiger partial charge in [-0.05, 0) is 71.4 Å². The van der Waals surface area contributed by atoms with Crippen LogP contribution in [0.3, 0.4) is 0 Å². The van der Waals surface area contributed by atoms with Gasteiger partial charge in [-0.25, -0.2) is 0 Å². The first-order chi connectivity index (χ1) is 11.2. The SMILES string of the molecule is C[Si](C)O[Si]1(O[Si](C)C)O[Si](C)(C)O[Si](C)(CCCCl)O[Si](C)(C)O1. The van der Waals surface area contributed by atoms with Crippen molar-refractivity contribution in [2.24, 2.45) is 0 Å². The standard InChI is InChI=1S/C12H33ClO6Si6/c1-20(2)14-25(15-21(3)4)18-22(5,6)16-24(9,12-10-11-13)17-23(7,8)19-25/h10-12H2,1-9H3. The highest BCUT2D eigenvalue weighted by Gasteiger charge is 2.60. The van der Waals surface area contributed by atoms with Gasteiger partial charge < -0.3 is 24.7 Å². The third-order valence-electron chi connectivity index (χ3n) is 3.09. The zero-order valence-electron chi connectivity index (χ0n) is 16.9. The van der Waals surface area contributed by atoms with Crippen LogP contribution in [0.15, 0.2) is 0 Å². The van der Waals surface area contributed by atoms with Gasteiger partial charge in [0.2, 0.25) is 0 Å². The molecule has 1 aliphatic rings. The van der Waals surface area contributed by atoms with E-state index in [1.807, 2.05) is 26.2 Å². The van der Waals surface area contributed by atoms with Crippen molar-refractivity contribution < 1.29 is 24.7 Å². The molecule has 0 spiro atoms. The molecule has 0 aliphatic carbocycles. The van der Waals surface area contributed by atoms with E-state index in [1.165, 1.54) is 0 Å². The smallest absolute Gasteiger partial charge is 0.416 e. The number of halogens is 1. The third-order valence-corrected chi connectivity index (χ3v) is 23.2. The summed E-state index contributed by atoms with van der Waals surface area (Å²) in [6, 6.07) is 0.833. The van der Waals surface area contributed by atoms with Gasteiger partial charge in [0.05, 0.1) is 0 Å². The Hall–Kier alpha value is 1.35. The minimum absolute atomic E-state index is 0.598. The maximum absolute atomic E-state index is 6.55. The molecule has 25 heavy (non-hydrogen) atoms. The van der Waals surface area contributed by atoms with Crippen LogP contribution in [0.1, 0.15) is 6.42 Å². The van der Waals surface area contributed by atoms with E-state index in [4.69, 9.17) is 36.3 Å². The average Bonchev–Trinajstić information content (AvgIpc) is 2.29. The van der Waals surface area contributed by atoms with Gasteiger partial charge in [-0.3, -0.25) is 0 Å². The van der Waals surface area contributed by atoms with E-state index in [1.54, 1.807) is 0 Å². The normalized spacial score (nSPS) is 25.0. The monoisotopic (exact) mass is 476 g/mol. The predicted octanol–water partition coefficient (Wildman–Crippen LogP) is 4.14. The molecule has 2 radical (unpaired) electrons. The molecule has 0 aromatic rings. The first kappa shape index (κ1) is 24.4. The molecule has 0 bridgehead atoms. The lowest BCUT2D eigenvalue weighted by Gasteiger charge is -2.48. The lowest BCUT2D eigenvalue weighted by Crippen LogP contribution is -2.70. The van der Waals surface area contributed by atoms with Crippen LogP contribution in [-0.4, -0.2) is 58.7 Å². The van der Waals surface area contributed by atoms with E-state index >= 15 is 0 Å². The van der Waals surface area contributed by atoms with Gasteiger partial charge in [-0.2, -0.15) is 0 Å². The van der Waals surface area contributed by atoms with Crippen molar-refractivity contribution in [2.75, 3.05) is 5.88 Å². The number of hydrogen-bond acceptors (Lipinski definition) is 6. The second-order valence-electron chi connectivity index (χ2n) is 7.65. The molecule has 0 unspecified atom stereocenters. The summed E-state index contributed by atoms with van der Waals surface area (Å²) in [4.78, 5) is 0. The van der Waals surface area contributed by atoms with Crippen LogP contribution < -0.4 is 0 Å². The highest BCUT2D eigenvalue weighted by molar-refractivity contribution is 6.92. The van der Waals surface area contributed by atoms with Crippen molar-refractivity contribution in [3.8, 4) is 0 Å². The molecular weight excluding hydrogens is 444 g/mol. The minimum atomic E-state index is -3.30. The third kappa shape index (κ3) is 8.49. The fraction of sp³-hybridized carbons (Fsp3) is 1.00. The van der Waals surface area contributed by atoms with Gasteiger partial charge in [-0.1, -0.05) is 0 Å². The van der Waals surface area contributed by atoms with Gasteiger partial charge in [-0.15, -0.1) is 11.6 Å². The summed E-state index contributed by atoms with van der Waals surface area (Å²) >= 11 is 5.90. The Balaban J connectivity index is 3.21. The van der Waals surface area contributed by atoms with Gasteiger partial charge in [0.1, 0.15) is 0 Å². The molecule has 0 saturated carbocycles. The first-order valence-electron chi connectivity index (χ1n) is 8.57. The highest BCUT2D eigenvalue weighted by Crippen LogP contribution is 2.34. The fourth-order valence-corrected chi connectivity index (χ4v) is 26.8. The number of alkyl halides is 1. The Bertz CT molecular complexity index is 406. The molecule has 0 aromatic carbocycles. The summed E-state index contributed by atoms with van der Waals surface area (Å²) in [5.41, 5.74) is 0. The Kier molecular flexibility index (Phi) is 9.01. The molecule has 0 amide bonds. The summed E-state index contributed by atoms with van der Waals surface area (Å²) in [6.07, 6.45) is 0.864. The van der Waals surface area contributed by atoms with E-state index in [9.17, 15) is 0 Å². The molecule has 0 aromatic heterocycles. The molecule has 0 N–H and O–H groups in total. The van der Waals surface area contributed by atoms with E-state index in [-0.39, 0.29) is 0 Å². The van der Waals surface area contributed by atoms with Crippen LogP contribution in [-0.2, 0) is 24.7 Å². The summed E-state index contributed by atoms with van der Waals surface area (Å²) < 4.78 is 38.6. The lowest BCUT2D eigenvalue weighted by molar-refractivity contribution is 0.111. The van der Waals surface area contributed by atoms with Crippen LogP contribution in [0.5, 0.6) is 0 Å². The van der Waals surface area contributed by atoms with Crippen molar-refractivity contribution in [3.05, 3.63) is 0 Å². The van der Waals surface area contributed by atoms with Crippen LogP contribution in [0.2, 0.25) is 65.0 Å². The highest BCUT2D eigenvalue weighted by atomic mass is 35.5. The van der Waals surface area contributed by atoms with E-state index in [0.717, 1.165) is 12.5 Å². The van der Waals surface area contributed by atoms with Crippen molar-refractivity contribution in [3.63, 3.8) is 0 Å². The first-order valence-corrected chi connectivity index (χ1v) is 23.7. The van der Waals surface area contributed by atoms with Gasteiger partial charge >= 0.3 is 34.7 Å². The molecule has 1 heterocycles. The Morgan fingerprint density at radius 3 is 1.48 bits per heavy atom. The van der Waals surface area contributed by atoms with Crippen LogP contribution in [0, 0.1) is 0 Å². The van der Waals surface area contributed by atoms with Gasteiger partial charge in [0, 0.05) is 5.88 Å². The van der Waals surface area contributed by atoms with Crippen LogP contribution in [0.4, 0.5) is 0 Å². The van der Waals surface area contributed by atoms with Crippen molar-refractivity contribution in [2.45, 2.75) is 71.4 Å². The van der Waals surface area contributed by atoms with E-state index in [2.05, 4.69) is 32.7 Å². The fourth-order valence-electron chi connectivity index (χ4n) is 2.82. The summed E-state index contributed by atoms with van der Waals surface area (Å²) in [5.74, 6) is 0.598. The molecule has 1 aliphatic heterocycles. The Morgan fingerprint density at radius 1 is 0.760 bits per heavy atom. The van der Waals surface area contributed by atoms with E-state index in [0.29, 0.717) is 5.88 Å². The van der Waals surface area contributed by atoms with Crippen LogP contribution >= 0.6 is 11.6 Å². The Morgan fingerprint density at radius 2 is 1.16 bits per heavy atom. The molecule has 1 rings (SSSR count). The molecule has 13 heteroatoms. The molecule has 1 saturated heterocycles. The predicted molar refractivity (Wildman–Crippen MR) is 114 cm³/mol. The number of rotatable bonds is 7. The zero-order valence-corrected chi connectivity index (χ0v) is 23.7. The Labute approximate surface area is 166 Å². The maximum Gasteiger partial charge on any atom is 0.640 e. The second-order valence-corrected chi connectivity index (χ2v) is 25.9. The topological polar surface area (TPSA) is 55.4 Å². The zero-order chi connectivity index (χ0) is 19.5. The molecule has 1 fully saturated rings. The van der Waals surface area contributed by atoms with Gasteiger partial charge in [0.25, 0.3) is 0 Å². The lowest BCUT2D eigenvalue weighted by atomic mass is 10.6. The number of hydrogen-bond donors (Lipinski definition) is 0. The minimum Gasteiger partial charge on any atom is -0.416 e. The summed E-state index contributed by atoms with van der Waals surface area (Å²) in [6.45, 7) is 18.4. The quantitative estimate of drug-likeness (QED) is 0.406. The molecule has 6 nitrogen and oxygen atoms in total. The average molecular weight is 477 g/mol. The summed E-state index contributed by atoms with van der Waals surface area (Å²) in [7, 11) is -13.0. The van der Waals surface area contributed by atoms with E-state index < -0.39 is 52.8 Å². The largest absolute Gasteiger partial charge is 0.640 e. The molecule has 148 valence electrons. The van der Waals surface area contributed by atoms with Gasteiger partial charge in [0.15, 0.2) is 18.1 Å². The maximum atomic E-state index is 6.55. The van der Waals surface area contributed by atoms with Crippen LogP contribution in [0.25, 0.3) is 0 Å². The van der Waals surface area contributed by atoms with Crippen molar-refractivity contribution >= 4 is 64.4 Å². The molecule has 0 atom stereocenters. The molecular formula is C12H33ClO6Si6. The summed E-state index contributed by atoms with van der Waals surface area (Å²) in [5, 5.41) is 0. The van der Waals surface area contributed by atoms with Crippen molar-refractivity contribution in [1.29, 1.82) is 0 Å².